The van der Waals surface area contributed by atoms with E-state index in [1.165, 1.54) is 0 Å². The first-order valence-electron chi connectivity index (χ1n) is 6.30. The van der Waals surface area contributed by atoms with E-state index in [1.807, 2.05) is 42.5 Å². The van der Waals surface area contributed by atoms with E-state index in [-0.39, 0.29) is 6.03 Å². The molecule has 0 saturated carbocycles. The number of amides is 2. The van der Waals surface area contributed by atoms with Crippen LogP contribution < -0.4 is 16.0 Å². The Bertz CT molecular complexity index is 596. The first-order valence-corrected chi connectivity index (χ1v) is 6.30. The standard InChI is InChI=1S/C16H17N3O/c1-2-11-19(15-10-6-7-13(17)12-15)16(20)18-14-8-4-3-5-9-14/h2-10,12H,1,11,17H2,(H,18,20). The number of nitrogen functional groups attached to an aromatic ring is 1. The lowest BCUT2D eigenvalue weighted by Gasteiger charge is -2.22. The smallest absolute Gasteiger partial charge is 0.326 e. The van der Waals surface area contributed by atoms with E-state index in [4.69, 9.17) is 5.73 Å². The van der Waals surface area contributed by atoms with E-state index < -0.39 is 0 Å². The van der Waals surface area contributed by atoms with Crippen LogP contribution >= 0.6 is 0 Å². The molecule has 0 heterocycles. The van der Waals surface area contributed by atoms with Gasteiger partial charge < -0.3 is 11.1 Å². The second kappa shape index (κ2) is 6.43. The van der Waals surface area contributed by atoms with Gasteiger partial charge in [0.15, 0.2) is 0 Å². The van der Waals surface area contributed by atoms with Gasteiger partial charge in [-0.15, -0.1) is 6.58 Å². The number of benzene rings is 2. The summed E-state index contributed by atoms with van der Waals surface area (Å²) in [5.41, 5.74) is 7.86. The van der Waals surface area contributed by atoms with Gasteiger partial charge in [-0.2, -0.15) is 0 Å². The van der Waals surface area contributed by atoms with Crippen LogP contribution in [0.1, 0.15) is 0 Å². The van der Waals surface area contributed by atoms with E-state index in [9.17, 15) is 4.79 Å². The van der Waals surface area contributed by atoms with Gasteiger partial charge in [-0.05, 0) is 30.3 Å². The minimum absolute atomic E-state index is 0.221. The topological polar surface area (TPSA) is 58.4 Å². The van der Waals surface area contributed by atoms with Crippen molar-refractivity contribution in [3.63, 3.8) is 0 Å². The molecule has 0 radical (unpaired) electrons. The van der Waals surface area contributed by atoms with Crippen LogP contribution in [0.4, 0.5) is 21.9 Å². The maximum Gasteiger partial charge on any atom is 0.326 e. The minimum atomic E-state index is -0.221. The summed E-state index contributed by atoms with van der Waals surface area (Å²) in [5, 5.41) is 2.84. The molecule has 4 heteroatoms. The summed E-state index contributed by atoms with van der Waals surface area (Å²) in [6.45, 7) is 4.09. The molecule has 20 heavy (non-hydrogen) atoms. The number of carbonyl (C=O) groups excluding carboxylic acids is 1. The lowest BCUT2D eigenvalue weighted by Crippen LogP contribution is -2.35. The molecule has 0 unspecified atom stereocenters. The second-order valence-corrected chi connectivity index (χ2v) is 4.29. The van der Waals surface area contributed by atoms with Crippen LogP contribution in [0.2, 0.25) is 0 Å². The van der Waals surface area contributed by atoms with Crippen molar-refractivity contribution in [1.82, 2.24) is 0 Å². The summed E-state index contributed by atoms with van der Waals surface area (Å²) in [6, 6.07) is 16.3. The molecule has 0 aromatic heterocycles. The number of carbonyl (C=O) groups is 1. The van der Waals surface area contributed by atoms with Gasteiger partial charge in [-0.1, -0.05) is 30.3 Å². The molecule has 0 bridgehead atoms. The van der Waals surface area contributed by atoms with Crippen LogP contribution in [-0.4, -0.2) is 12.6 Å². The average molecular weight is 267 g/mol. The summed E-state index contributed by atoms with van der Waals surface area (Å²) >= 11 is 0. The van der Waals surface area contributed by atoms with Crippen molar-refractivity contribution >= 4 is 23.1 Å². The number of nitrogens with one attached hydrogen (secondary N) is 1. The molecule has 0 aliphatic heterocycles. The molecule has 2 amide bonds. The Kier molecular flexibility index (Phi) is 4.39. The van der Waals surface area contributed by atoms with Gasteiger partial charge in [0, 0.05) is 23.6 Å². The van der Waals surface area contributed by atoms with Gasteiger partial charge in [-0.3, -0.25) is 4.90 Å². The molecule has 102 valence electrons. The summed E-state index contributed by atoms with van der Waals surface area (Å²) in [5.74, 6) is 0. The maximum absolute atomic E-state index is 12.3. The molecule has 4 nitrogen and oxygen atoms in total. The molecule has 2 aromatic rings. The maximum atomic E-state index is 12.3. The molecule has 0 aliphatic rings. The number of anilines is 3. The lowest BCUT2D eigenvalue weighted by molar-refractivity contribution is 0.257. The van der Waals surface area contributed by atoms with Crippen LogP contribution in [0.3, 0.4) is 0 Å². The van der Waals surface area contributed by atoms with E-state index in [2.05, 4.69) is 11.9 Å². The highest BCUT2D eigenvalue weighted by Crippen LogP contribution is 2.19. The molecule has 0 saturated heterocycles. The van der Waals surface area contributed by atoms with Crippen molar-refractivity contribution in [2.45, 2.75) is 0 Å². The second-order valence-electron chi connectivity index (χ2n) is 4.29. The molecule has 0 atom stereocenters. The fourth-order valence-corrected chi connectivity index (χ4v) is 1.84. The van der Waals surface area contributed by atoms with Gasteiger partial charge in [0.25, 0.3) is 0 Å². The Labute approximate surface area is 118 Å². The zero-order valence-corrected chi connectivity index (χ0v) is 11.1. The number of urea groups is 1. The molecule has 2 rings (SSSR count). The number of para-hydroxylation sites is 1. The average Bonchev–Trinajstić information content (AvgIpc) is 2.45. The molecule has 0 spiro atoms. The monoisotopic (exact) mass is 267 g/mol. The van der Waals surface area contributed by atoms with Crippen molar-refractivity contribution in [3.8, 4) is 0 Å². The Morgan fingerprint density at radius 2 is 1.95 bits per heavy atom. The molecule has 3 N–H and O–H groups in total. The highest BCUT2D eigenvalue weighted by molar-refractivity contribution is 6.02. The van der Waals surface area contributed by atoms with E-state index in [0.717, 1.165) is 11.4 Å². The Morgan fingerprint density at radius 3 is 2.60 bits per heavy atom. The van der Waals surface area contributed by atoms with Gasteiger partial charge in [-0.25, -0.2) is 4.79 Å². The van der Waals surface area contributed by atoms with Crippen molar-refractivity contribution < 1.29 is 4.79 Å². The number of rotatable bonds is 4. The Balaban J connectivity index is 2.20. The first-order chi connectivity index (χ1) is 9.70. The molecule has 2 aromatic carbocycles. The van der Waals surface area contributed by atoms with Gasteiger partial charge in [0.2, 0.25) is 0 Å². The number of nitrogens with two attached hydrogens (primary N) is 1. The van der Waals surface area contributed by atoms with E-state index in [1.54, 1.807) is 23.1 Å². The van der Waals surface area contributed by atoms with Gasteiger partial charge >= 0.3 is 6.03 Å². The van der Waals surface area contributed by atoms with Crippen molar-refractivity contribution in [2.75, 3.05) is 22.5 Å². The van der Waals surface area contributed by atoms with Crippen LogP contribution in [0, 0.1) is 0 Å². The Hall–Kier alpha value is -2.75. The third-order valence-electron chi connectivity index (χ3n) is 2.76. The Morgan fingerprint density at radius 1 is 1.20 bits per heavy atom. The van der Waals surface area contributed by atoms with Gasteiger partial charge in [0.05, 0.1) is 0 Å². The zero-order valence-electron chi connectivity index (χ0n) is 11.1. The molecular weight excluding hydrogens is 250 g/mol. The molecule has 0 fully saturated rings. The quantitative estimate of drug-likeness (QED) is 0.658. The summed E-state index contributed by atoms with van der Waals surface area (Å²) in [6.07, 6.45) is 1.67. The molecule has 0 aliphatic carbocycles. The fraction of sp³-hybridized carbons (Fsp3) is 0.0625. The van der Waals surface area contributed by atoms with Gasteiger partial charge in [0.1, 0.15) is 0 Å². The highest BCUT2D eigenvalue weighted by atomic mass is 16.2. The van der Waals surface area contributed by atoms with E-state index in [0.29, 0.717) is 12.2 Å². The summed E-state index contributed by atoms with van der Waals surface area (Å²) in [7, 11) is 0. The predicted molar refractivity (Wildman–Crippen MR) is 83.9 cm³/mol. The SMILES string of the molecule is C=CCN(C(=O)Nc1ccccc1)c1cccc(N)c1. The predicted octanol–water partition coefficient (Wildman–Crippen LogP) is 3.49. The first kappa shape index (κ1) is 13.7. The summed E-state index contributed by atoms with van der Waals surface area (Å²) < 4.78 is 0. The minimum Gasteiger partial charge on any atom is -0.399 e. The third-order valence-corrected chi connectivity index (χ3v) is 2.76. The summed E-state index contributed by atoms with van der Waals surface area (Å²) in [4.78, 5) is 13.9. The number of hydrogen-bond acceptors (Lipinski definition) is 2. The van der Waals surface area contributed by atoms with Crippen molar-refractivity contribution in [3.05, 3.63) is 67.3 Å². The van der Waals surface area contributed by atoms with Crippen LogP contribution in [-0.2, 0) is 0 Å². The van der Waals surface area contributed by atoms with Crippen LogP contribution in [0.15, 0.2) is 67.3 Å². The van der Waals surface area contributed by atoms with Crippen molar-refractivity contribution in [1.29, 1.82) is 0 Å². The van der Waals surface area contributed by atoms with Crippen LogP contribution in [0.25, 0.3) is 0 Å². The fourth-order valence-electron chi connectivity index (χ4n) is 1.84. The lowest BCUT2D eigenvalue weighted by atomic mass is 10.2. The largest absolute Gasteiger partial charge is 0.399 e. The van der Waals surface area contributed by atoms with E-state index >= 15 is 0 Å². The third kappa shape index (κ3) is 3.38. The zero-order chi connectivity index (χ0) is 14.4. The number of hydrogen-bond donors (Lipinski definition) is 2. The highest BCUT2D eigenvalue weighted by Gasteiger charge is 2.14. The molecular formula is C16H17N3O. The van der Waals surface area contributed by atoms with Crippen molar-refractivity contribution in [2.24, 2.45) is 0 Å². The van der Waals surface area contributed by atoms with Crippen LogP contribution in [0.5, 0.6) is 0 Å². The normalized spacial score (nSPS) is 9.80. The number of nitrogens with zero attached hydrogens (tertiary/aromatic N) is 1.